The molecule has 5 heteroatoms. The number of carbonyl (C=O) groups is 1. The summed E-state index contributed by atoms with van der Waals surface area (Å²) in [4.78, 5) is 16.0. The van der Waals surface area contributed by atoms with E-state index in [4.69, 9.17) is 0 Å². The second-order valence-corrected chi connectivity index (χ2v) is 4.80. The third kappa shape index (κ3) is 3.57. The van der Waals surface area contributed by atoms with E-state index in [1.807, 2.05) is 0 Å². The van der Waals surface area contributed by atoms with Crippen LogP contribution in [0, 0.1) is 5.82 Å². The van der Waals surface area contributed by atoms with Gasteiger partial charge in [-0.2, -0.15) is 0 Å². The van der Waals surface area contributed by atoms with Crippen LogP contribution >= 0.6 is 0 Å². The molecule has 108 valence electrons. The molecule has 1 aliphatic rings. The third-order valence-electron chi connectivity index (χ3n) is 3.53. The summed E-state index contributed by atoms with van der Waals surface area (Å²) in [7, 11) is 0. The average Bonchev–Trinajstić information content (AvgIpc) is 2.48. The lowest BCUT2D eigenvalue weighted by Gasteiger charge is -2.33. The molecule has 1 amide bonds. The van der Waals surface area contributed by atoms with Crippen LogP contribution in [0.4, 0.5) is 4.39 Å². The fourth-order valence-corrected chi connectivity index (χ4v) is 2.20. The molecule has 2 rings (SSSR count). The van der Waals surface area contributed by atoms with Crippen molar-refractivity contribution in [3.63, 3.8) is 0 Å². The number of hydrogen-bond acceptors (Lipinski definition) is 3. The maximum atomic E-state index is 12.8. The van der Waals surface area contributed by atoms with Crippen molar-refractivity contribution < 1.29 is 14.3 Å². The van der Waals surface area contributed by atoms with Gasteiger partial charge in [0.15, 0.2) is 0 Å². The molecule has 1 aromatic rings. The number of amides is 1. The van der Waals surface area contributed by atoms with Crippen LogP contribution in [0.15, 0.2) is 30.3 Å². The third-order valence-corrected chi connectivity index (χ3v) is 3.53. The molecule has 1 fully saturated rings. The van der Waals surface area contributed by atoms with E-state index in [1.54, 1.807) is 4.90 Å². The molecule has 0 aromatic heterocycles. The largest absolute Gasteiger partial charge is 0.507 e. The molecule has 0 spiro atoms. The van der Waals surface area contributed by atoms with Gasteiger partial charge >= 0.3 is 0 Å². The van der Waals surface area contributed by atoms with Crippen molar-refractivity contribution in [3.05, 3.63) is 41.7 Å². The summed E-state index contributed by atoms with van der Waals surface area (Å²) in [6.45, 7) is 6.12. The summed E-state index contributed by atoms with van der Waals surface area (Å²) in [5.41, 5.74) is 0.437. The zero-order chi connectivity index (χ0) is 14.5. The first-order valence-electron chi connectivity index (χ1n) is 6.78. The molecular weight excluding hydrogens is 259 g/mol. The van der Waals surface area contributed by atoms with Gasteiger partial charge in [0.25, 0.3) is 0 Å². The van der Waals surface area contributed by atoms with Crippen LogP contribution in [-0.4, -0.2) is 53.5 Å². The Kier molecular flexibility index (Phi) is 4.74. The van der Waals surface area contributed by atoms with Crippen LogP contribution in [0.2, 0.25) is 0 Å². The van der Waals surface area contributed by atoms with Gasteiger partial charge in [0.1, 0.15) is 11.6 Å². The van der Waals surface area contributed by atoms with E-state index in [0.29, 0.717) is 18.7 Å². The monoisotopic (exact) mass is 278 g/mol. The number of hydrogen-bond donors (Lipinski definition) is 1. The van der Waals surface area contributed by atoms with Crippen molar-refractivity contribution in [2.24, 2.45) is 0 Å². The number of aliphatic hydroxyl groups is 1. The molecule has 1 heterocycles. The molecule has 0 unspecified atom stereocenters. The highest BCUT2D eigenvalue weighted by atomic mass is 19.1. The molecule has 1 aromatic carbocycles. The lowest BCUT2D eigenvalue weighted by atomic mass is 10.1. The Morgan fingerprint density at radius 2 is 1.85 bits per heavy atom. The second kappa shape index (κ2) is 6.52. The Morgan fingerprint density at radius 3 is 2.40 bits per heavy atom. The van der Waals surface area contributed by atoms with Crippen molar-refractivity contribution in [1.29, 1.82) is 0 Å². The van der Waals surface area contributed by atoms with Crippen molar-refractivity contribution >= 4 is 11.7 Å². The highest BCUT2D eigenvalue weighted by Gasteiger charge is 2.19. The molecule has 0 radical (unpaired) electrons. The molecule has 1 aliphatic heterocycles. The Morgan fingerprint density at radius 1 is 1.25 bits per heavy atom. The van der Waals surface area contributed by atoms with E-state index in [9.17, 15) is 14.3 Å². The maximum absolute atomic E-state index is 12.8. The highest BCUT2D eigenvalue weighted by Crippen LogP contribution is 2.13. The van der Waals surface area contributed by atoms with Gasteiger partial charge in [0.2, 0.25) is 5.91 Å². The van der Waals surface area contributed by atoms with Crippen LogP contribution in [0.1, 0.15) is 12.5 Å². The normalized spacial score (nSPS) is 17.3. The van der Waals surface area contributed by atoms with Gasteiger partial charge < -0.3 is 14.9 Å². The van der Waals surface area contributed by atoms with Crippen molar-refractivity contribution in [2.45, 2.75) is 6.92 Å². The minimum atomic E-state index is -0.372. The Bertz CT molecular complexity index is 491. The van der Waals surface area contributed by atoms with Gasteiger partial charge in [-0.15, -0.1) is 0 Å². The minimum absolute atomic E-state index is 0.132. The van der Waals surface area contributed by atoms with Crippen molar-refractivity contribution in [3.8, 4) is 0 Å². The topological polar surface area (TPSA) is 43.8 Å². The van der Waals surface area contributed by atoms with Crippen LogP contribution in [0.25, 0.3) is 5.76 Å². The molecular formula is C15H19FN2O2. The van der Waals surface area contributed by atoms with Crippen molar-refractivity contribution in [2.75, 3.05) is 32.7 Å². The van der Waals surface area contributed by atoms with E-state index in [-0.39, 0.29) is 17.5 Å². The molecule has 1 N–H and O–H groups in total. The summed E-state index contributed by atoms with van der Waals surface area (Å²) >= 11 is 0. The molecule has 20 heavy (non-hydrogen) atoms. The fraction of sp³-hybridized carbons (Fsp3) is 0.400. The number of piperazine rings is 1. The first-order chi connectivity index (χ1) is 9.60. The average molecular weight is 278 g/mol. The number of likely N-dealkylation sites (N-methyl/N-ethyl adjacent to an activating group) is 1. The molecule has 0 bridgehead atoms. The van der Waals surface area contributed by atoms with Crippen LogP contribution < -0.4 is 0 Å². The highest BCUT2D eigenvalue weighted by molar-refractivity contribution is 5.93. The maximum Gasteiger partial charge on any atom is 0.250 e. The number of benzene rings is 1. The number of halogens is 1. The lowest BCUT2D eigenvalue weighted by molar-refractivity contribution is -0.127. The molecule has 0 aliphatic carbocycles. The standard InChI is InChI=1S/C15H19FN2O2/c1-2-17-7-9-18(10-8-17)15(20)11-14(19)12-3-5-13(16)6-4-12/h3-6,11,19H,2,7-10H2,1H3. The van der Waals surface area contributed by atoms with E-state index in [0.717, 1.165) is 19.6 Å². The Labute approximate surface area is 118 Å². The van der Waals surface area contributed by atoms with Crippen molar-refractivity contribution in [1.82, 2.24) is 9.80 Å². The quantitative estimate of drug-likeness (QED) is 0.678. The minimum Gasteiger partial charge on any atom is -0.507 e. The first kappa shape index (κ1) is 14.5. The number of carbonyl (C=O) groups excluding carboxylic acids is 1. The summed E-state index contributed by atoms with van der Waals surface area (Å²) in [5.74, 6) is -0.709. The van der Waals surface area contributed by atoms with Gasteiger partial charge in [-0.25, -0.2) is 4.39 Å². The second-order valence-electron chi connectivity index (χ2n) is 4.80. The fourth-order valence-electron chi connectivity index (χ4n) is 2.20. The van der Waals surface area contributed by atoms with Gasteiger partial charge in [-0.1, -0.05) is 6.92 Å². The number of nitrogens with zero attached hydrogens (tertiary/aromatic N) is 2. The van der Waals surface area contributed by atoms with Gasteiger partial charge in [-0.05, 0) is 30.8 Å². The number of rotatable bonds is 3. The van der Waals surface area contributed by atoms with E-state index < -0.39 is 0 Å². The van der Waals surface area contributed by atoms with Gasteiger partial charge in [0, 0.05) is 37.8 Å². The molecule has 0 saturated carbocycles. The zero-order valence-corrected chi connectivity index (χ0v) is 11.6. The van der Waals surface area contributed by atoms with E-state index in [2.05, 4.69) is 11.8 Å². The van der Waals surface area contributed by atoms with Gasteiger partial charge in [0.05, 0.1) is 0 Å². The smallest absolute Gasteiger partial charge is 0.250 e. The van der Waals surface area contributed by atoms with Crippen LogP contribution in [0.3, 0.4) is 0 Å². The summed E-state index contributed by atoms with van der Waals surface area (Å²) in [5, 5.41) is 9.89. The summed E-state index contributed by atoms with van der Waals surface area (Å²) < 4.78 is 12.8. The van der Waals surface area contributed by atoms with Crippen LogP contribution in [0.5, 0.6) is 0 Å². The predicted molar refractivity (Wildman–Crippen MR) is 75.7 cm³/mol. The summed E-state index contributed by atoms with van der Waals surface area (Å²) in [6.07, 6.45) is 1.20. The molecule has 0 atom stereocenters. The number of aliphatic hydroxyl groups excluding tert-OH is 1. The Hall–Kier alpha value is -1.88. The first-order valence-corrected chi connectivity index (χ1v) is 6.78. The predicted octanol–water partition coefficient (Wildman–Crippen LogP) is 1.89. The van der Waals surface area contributed by atoms with E-state index >= 15 is 0 Å². The Balaban J connectivity index is 1.99. The van der Waals surface area contributed by atoms with Gasteiger partial charge in [-0.3, -0.25) is 4.79 Å². The SMILES string of the molecule is CCN1CCN(C(=O)C=C(O)c2ccc(F)cc2)CC1. The zero-order valence-electron chi connectivity index (χ0n) is 11.6. The lowest BCUT2D eigenvalue weighted by Crippen LogP contribution is -2.48. The summed E-state index contributed by atoms with van der Waals surface area (Å²) in [6, 6.07) is 5.40. The van der Waals surface area contributed by atoms with Crippen LogP contribution in [-0.2, 0) is 4.79 Å². The molecule has 4 nitrogen and oxygen atoms in total. The van der Waals surface area contributed by atoms with E-state index in [1.165, 1.54) is 30.3 Å². The molecule has 1 saturated heterocycles.